The van der Waals surface area contributed by atoms with Gasteiger partial charge >= 0.3 is 6.09 Å². The molecule has 1 N–H and O–H groups in total. The SMILES string of the molecule is CCc1nc(-c2ccc(C)cc2C)sc1NC(=O)OCc1ccc2c(cnn2CC)c1. The lowest BCUT2D eigenvalue weighted by Gasteiger charge is -2.07. The van der Waals surface area contributed by atoms with Gasteiger partial charge in [-0.3, -0.25) is 10.00 Å². The molecular formula is C24H26N4O2S. The van der Waals surface area contributed by atoms with Crippen LogP contribution in [0.1, 0.15) is 36.2 Å². The Morgan fingerprint density at radius 2 is 2.00 bits per heavy atom. The number of hydrogen-bond donors (Lipinski definition) is 1. The molecule has 6 nitrogen and oxygen atoms in total. The lowest BCUT2D eigenvalue weighted by molar-refractivity contribution is 0.155. The molecule has 0 radical (unpaired) electrons. The molecule has 0 saturated carbocycles. The number of benzene rings is 2. The van der Waals surface area contributed by atoms with E-state index in [0.717, 1.165) is 50.7 Å². The van der Waals surface area contributed by atoms with Crippen molar-refractivity contribution >= 4 is 33.3 Å². The molecular weight excluding hydrogens is 408 g/mol. The van der Waals surface area contributed by atoms with Crippen molar-refractivity contribution in [2.45, 2.75) is 47.3 Å². The van der Waals surface area contributed by atoms with Crippen LogP contribution < -0.4 is 5.32 Å². The number of aromatic nitrogens is 3. The maximum Gasteiger partial charge on any atom is 0.412 e. The summed E-state index contributed by atoms with van der Waals surface area (Å²) in [6.07, 6.45) is 2.09. The predicted molar refractivity (Wildman–Crippen MR) is 126 cm³/mol. The van der Waals surface area contributed by atoms with Gasteiger partial charge in [-0.15, -0.1) is 0 Å². The first kappa shape index (κ1) is 21.1. The van der Waals surface area contributed by atoms with Crippen molar-refractivity contribution in [3.63, 3.8) is 0 Å². The number of ether oxygens (including phenoxy) is 1. The summed E-state index contributed by atoms with van der Waals surface area (Å²) in [4.78, 5) is 17.2. The quantitative estimate of drug-likeness (QED) is 0.398. The number of carbonyl (C=O) groups is 1. The normalized spacial score (nSPS) is 11.1. The summed E-state index contributed by atoms with van der Waals surface area (Å²) in [7, 11) is 0. The largest absolute Gasteiger partial charge is 0.444 e. The van der Waals surface area contributed by atoms with Gasteiger partial charge in [0.2, 0.25) is 0 Å². The molecule has 2 aromatic carbocycles. The van der Waals surface area contributed by atoms with E-state index in [-0.39, 0.29) is 6.61 Å². The third kappa shape index (κ3) is 4.46. The van der Waals surface area contributed by atoms with Crippen LogP contribution in [-0.2, 0) is 24.3 Å². The van der Waals surface area contributed by atoms with E-state index in [1.165, 1.54) is 22.5 Å². The Morgan fingerprint density at radius 3 is 2.74 bits per heavy atom. The molecule has 1 amide bonds. The number of rotatable bonds is 6. The molecule has 0 fully saturated rings. The second-order valence-electron chi connectivity index (χ2n) is 7.52. The summed E-state index contributed by atoms with van der Waals surface area (Å²) in [5.41, 5.74) is 6.35. The van der Waals surface area contributed by atoms with E-state index < -0.39 is 6.09 Å². The van der Waals surface area contributed by atoms with Crippen LogP contribution in [0.4, 0.5) is 9.80 Å². The highest BCUT2D eigenvalue weighted by Crippen LogP contribution is 2.34. The summed E-state index contributed by atoms with van der Waals surface area (Å²) >= 11 is 1.48. The van der Waals surface area contributed by atoms with Crippen LogP contribution >= 0.6 is 11.3 Å². The molecule has 7 heteroatoms. The van der Waals surface area contributed by atoms with E-state index in [4.69, 9.17) is 9.72 Å². The second-order valence-corrected chi connectivity index (χ2v) is 8.52. The molecule has 0 atom stereocenters. The number of anilines is 1. The maximum atomic E-state index is 12.5. The topological polar surface area (TPSA) is 69.0 Å². The highest BCUT2D eigenvalue weighted by Gasteiger charge is 2.16. The van der Waals surface area contributed by atoms with Crippen LogP contribution in [-0.4, -0.2) is 20.9 Å². The van der Waals surface area contributed by atoms with Crippen LogP contribution in [0.15, 0.2) is 42.6 Å². The minimum Gasteiger partial charge on any atom is -0.444 e. The van der Waals surface area contributed by atoms with Crippen molar-refractivity contribution in [3.05, 3.63) is 65.0 Å². The van der Waals surface area contributed by atoms with Gasteiger partial charge < -0.3 is 4.74 Å². The molecule has 4 rings (SSSR count). The lowest BCUT2D eigenvalue weighted by atomic mass is 10.1. The Labute approximate surface area is 185 Å². The van der Waals surface area contributed by atoms with Gasteiger partial charge in [0.15, 0.2) is 0 Å². The molecule has 0 bridgehead atoms. The number of aryl methyl sites for hydroxylation is 4. The molecule has 0 aliphatic heterocycles. The molecule has 160 valence electrons. The Balaban J connectivity index is 1.45. The average molecular weight is 435 g/mol. The van der Waals surface area contributed by atoms with Gasteiger partial charge in [-0.2, -0.15) is 5.10 Å². The average Bonchev–Trinajstić information content (AvgIpc) is 3.35. The first-order valence-corrected chi connectivity index (χ1v) is 11.3. The van der Waals surface area contributed by atoms with Crippen LogP contribution in [0.5, 0.6) is 0 Å². The van der Waals surface area contributed by atoms with Gasteiger partial charge in [-0.05, 0) is 50.5 Å². The predicted octanol–water partition coefficient (Wildman–Crippen LogP) is 6.11. The highest BCUT2D eigenvalue weighted by molar-refractivity contribution is 7.19. The third-order valence-corrected chi connectivity index (χ3v) is 6.28. The first-order chi connectivity index (χ1) is 15.0. The number of fused-ring (bicyclic) bond motifs is 1. The fraction of sp³-hybridized carbons (Fsp3) is 0.292. The van der Waals surface area contributed by atoms with Crippen molar-refractivity contribution in [1.29, 1.82) is 0 Å². The number of nitrogens with one attached hydrogen (secondary N) is 1. The molecule has 0 aliphatic rings. The van der Waals surface area contributed by atoms with Crippen LogP contribution in [0, 0.1) is 13.8 Å². The number of amides is 1. The molecule has 0 unspecified atom stereocenters. The second kappa shape index (κ2) is 8.89. The Hall–Kier alpha value is -3.19. The summed E-state index contributed by atoms with van der Waals surface area (Å²) < 4.78 is 7.41. The zero-order chi connectivity index (χ0) is 22.0. The van der Waals surface area contributed by atoms with Crippen LogP contribution in [0.25, 0.3) is 21.5 Å². The Kier molecular flexibility index (Phi) is 6.04. The Morgan fingerprint density at radius 1 is 1.16 bits per heavy atom. The lowest BCUT2D eigenvalue weighted by Crippen LogP contribution is -2.13. The van der Waals surface area contributed by atoms with E-state index in [1.54, 1.807) is 0 Å². The van der Waals surface area contributed by atoms with Gasteiger partial charge in [0.05, 0.1) is 17.4 Å². The van der Waals surface area contributed by atoms with E-state index in [1.807, 2.05) is 36.0 Å². The van der Waals surface area contributed by atoms with Gasteiger partial charge in [0, 0.05) is 17.5 Å². The number of hydrogen-bond acceptors (Lipinski definition) is 5. The van der Waals surface area contributed by atoms with Gasteiger partial charge in [0.25, 0.3) is 0 Å². The summed E-state index contributed by atoms with van der Waals surface area (Å²) in [5.74, 6) is 0. The number of thiazole rings is 1. The third-order valence-electron chi connectivity index (χ3n) is 5.24. The highest BCUT2D eigenvalue weighted by atomic mass is 32.1. The minimum atomic E-state index is -0.477. The van der Waals surface area contributed by atoms with Crippen LogP contribution in [0.3, 0.4) is 0 Å². The van der Waals surface area contributed by atoms with Gasteiger partial charge in [0.1, 0.15) is 16.6 Å². The minimum absolute atomic E-state index is 0.198. The zero-order valence-electron chi connectivity index (χ0n) is 18.2. The zero-order valence-corrected chi connectivity index (χ0v) is 19.0. The number of nitrogens with zero attached hydrogens (tertiary/aromatic N) is 3. The van der Waals surface area contributed by atoms with E-state index in [0.29, 0.717) is 0 Å². The molecule has 31 heavy (non-hydrogen) atoms. The van der Waals surface area contributed by atoms with Crippen molar-refractivity contribution in [2.24, 2.45) is 0 Å². The molecule has 0 saturated heterocycles. The Bertz CT molecular complexity index is 1240. The van der Waals surface area contributed by atoms with Gasteiger partial charge in [-0.25, -0.2) is 9.78 Å². The van der Waals surface area contributed by atoms with Crippen molar-refractivity contribution in [2.75, 3.05) is 5.32 Å². The van der Waals surface area contributed by atoms with E-state index in [2.05, 4.69) is 49.4 Å². The molecule has 0 aliphatic carbocycles. The summed E-state index contributed by atoms with van der Waals surface area (Å²) in [6, 6.07) is 12.3. The van der Waals surface area contributed by atoms with E-state index >= 15 is 0 Å². The molecule has 2 aromatic heterocycles. The molecule has 0 spiro atoms. The number of carbonyl (C=O) groups excluding carboxylic acids is 1. The smallest absolute Gasteiger partial charge is 0.412 e. The standard InChI is InChI=1S/C24H26N4O2S/c1-5-20-23(31-22(26-20)19-9-7-15(3)11-16(19)4)27-24(29)30-14-17-8-10-21-18(12-17)13-25-28(21)6-2/h7-13H,5-6,14H2,1-4H3,(H,27,29). The van der Waals surface area contributed by atoms with Crippen molar-refractivity contribution in [1.82, 2.24) is 14.8 Å². The van der Waals surface area contributed by atoms with Crippen molar-refractivity contribution < 1.29 is 9.53 Å². The fourth-order valence-electron chi connectivity index (χ4n) is 3.61. The molecule has 4 aromatic rings. The van der Waals surface area contributed by atoms with Gasteiger partial charge in [-0.1, -0.05) is 48.1 Å². The summed E-state index contributed by atoms with van der Waals surface area (Å²) in [6.45, 7) is 9.26. The maximum absolute atomic E-state index is 12.5. The fourth-order valence-corrected chi connectivity index (χ4v) is 4.74. The monoisotopic (exact) mass is 434 g/mol. The first-order valence-electron chi connectivity index (χ1n) is 10.4. The van der Waals surface area contributed by atoms with Crippen molar-refractivity contribution in [3.8, 4) is 10.6 Å². The van der Waals surface area contributed by atoms with Crippen LogP contribution in [0.2, 0.25) is 0 Å². The molecule has 2 heterocycles. The van der Waals surface area contributed by atoms with E-state index in [9.17, 15) is 4.79 Å². The summed E-state index contributed by atoms with van der Waals surface area (Å²) in [5, 5.41) is 9.92.